The molecule has 0 aliphatic rings. The molecule has 0 spiro atoms. The van der Waals surface area contributed by atoms with Gasteiger partial charge in [-0.2, -0.15) is 0 Å². The molecular weight excluding hydrogens is 211 g/mol. The fraction of sp³-hybridized carbons (Fsp3) is 0. The molecular formula is C4HCl2N2O2S-. The Balaban J connectivity index is 3.20. The van der Waals surface area contributed by atoms with E-state index in [0.717, 1.165) is 6.20 Å². The first-order chi connectivity index (χ1) is 5.11. The second-order valence-electron chi connectivity index (χ2n) is 1.53. The highest BCUT2D eigenvalue weighted by atomic mass is 35.5. The highest BCUT2D eigenvalue weighted by Crippen LogP contribution is 2.16. The molecule has 7 heteroatoms. The summed E-state index contributed by atoms with van der Waals surface area (Å²) >= 11 is 8.30. The Hall–Kier alpha value is -0.230. The molecule has 0 fully saturated rings. The summed E-state index contributed by atoms with van der Waals surface area (Å²) in [5.74, 6) is 0. The average Bonchev–Trinajstić information content (AvgIpc) is 1.85. The van der Waals surface area contributed by atoms with E-state index in [1.807, 2.05) is 0 Å². The van der Waals surface area contributed by atoms with Crippen molar-refractivity contribution in [3.05, 3.63) is 16.6 Å². The van der Waals surface area contributed by atoms with Crippen molar-refractivity contribution >= 4 is 34.3 Å². The van der Waals surface area contributed by atoms with Gasteiger partial charge in [0.2, 0.25) is 5.28 Å². The zero-order chi connectivity index (χ0) is 8.43. The van der Waals surface area contributed by atoms with E-state index in [0.29, 0.717) is 0 Å². The molecule has 0 aliphatic carbocycles. The maximum absolute atomic E-state index is 10.3. The Morgan fingerprint density at radius 1 is 1.55 bits per heavy atom. The molecule has 1 rings (SSSR count). The average molecular weight is 212 g/mol. The van der Waals surface area contributed by atoms with Crippen LogP contribution in [-0.4, -0.2) is 18.7 Å². The van der Waals surface area contributed by atoms with Gasteiger partial charge in [-0.3, -0.25) is 4.21 Å². The maximum atomic E-state index is 10.3. The van der Waals surface area contributed by atoms with Crippen molar-refractivity contribution in [1.82, 2.24) is 9.97 Å². The van der Waals surface area contributed by atoms with Crippen LogP contribution < -0.4 is 0 Å². The van der Waals surface area contributed by atoms with Crippen LogP contribution in [0.4, 0.5) is 0 Å². The van der Waals surface area contributed by atoms with Gasteiger partial charge in [-0.25, -0.2) is 9.97 Å². The van der Waals surface area contributed by atoms with Gasteiger partial charge in [-0.15, -0.1) is 0 Å². The third kappa shape index (κ3) is 2.10. The van der Waals surface area contributed by atoms with Crippen molar-refractivity contribution in [2.45, 2.75) is 4.90 Å². The van der Waals surface area contributed by atoms with Gasteiger partial charge in [0, 0.05) is 6.20 Å². The Bertz CT molecular complexity index is 306. The normalized spacial score (nSPS) is 13.0. The lowest BCUT2D eigenvalue weighted by Crippen LogP contribution is -1.94. The molecule has 11 heavy (non-hydrogen) atoms. The second-order valence-corrected chi connectivity index (χ2v) is 3.13. The third-order valence-electron chi connectivity index (χ3n) is 0.862. The molecule has 0 bridgehead atoms. The number of halogens is 2. The fourth-order valence-corrected chi connectivity index (χ4v) is 1.26. The quantitative estimate of drug-likeness (QED) is 0.396. The summed E-state index contributed by atoms with van der Waals surface area (Å²) in [5, 5.41) is -0.248. The van der Waals surface area contributed by atoms with Crippen LogP contribution in [0.3, 0.4) is 0 Å². The first-order valence-corrected chi connectivity index (χ1v) is 4.21. The number of hydrogen-bond acceptors (Lipinski definition) is 4. The van der Waals surface area contributed by atoms with Crippen LogP contribution in [0.25, 0.3) is 0 Å². The van der Waals surface area contributed by atoms with Crippen molar-refractivity contribution in [1.29, 1.82) is 0 Å². The van der Waals surface area contributed by atoms with Gasteiger partial charge < -0.3 is 4.55 Å². The first kappa shape index (κ1) is 8.86. The predicted octanol–water partition coefficient (Wildman–Crippen LogP) is 1.02. The summed E-state index contributed by atoms with van der Waals surface area (Å²) in [6, 6.07) is 0. The standard InChI is InChI=1S/C4H2Cl2N2O2S/c5-3-2(11(9)10)1-7-4(6)8-3/h1H,(H,9,10)/p-1. The summed E-state index contributed by atoms with van der Waals surface area (Å²) in [7, 11) is 0. The highest BCUT2D eigenvalue weighted by molar-refractivity contribution is 7.79. The zero-order valence-electron chi connectivity index (χ0n) is 4.95. The summed E-state index contributed by atoms with van der Waals surface area (Å²) in [4.78, 5) is 6.70. The molecule has 1 heterocycles. The van der Waals surface area contributed by atoms with Crippen molar-refractivity contribution in [2.75, 3.05) is 0 Å². The van der Waals surface area contributed by atoms with Crippen LogP contribution in [-0.2, 0) is 11.1 Å². The fourth-order valence-electron chi connectivity index (χ4n) is 0.442. The van der Waals surface area contributed by atoms with Gasteiger partial charge in [0.05, 0.1) is 4.90 Å². The summed E-state index contributed by atoms with van der Waals surface area (Å²) in [6.45, 7) is 0. The Labute approximate surface area is 74.9 Å². The number of aromatic nitrogens is 2. The summed E-state index contributed by atoms with van der Waals surface area (Å²) in [5.41, 5.74) is 0. The van der Waals surface area contributed by atoms with Crippen molar-refractivity contribution in [3.63, 3.8) is 0 Å². The van der Waals surface area contributed by atoms with E-state index >= 15 is 0 Å². The number of hydrogen-bond donors (Lipinski definition) is 0. The SMILES string of the molecule is O=S([O-])c1cnc(Cl)nc1Cl. The molecule has 0 amide bonds. The topological polar surface area (TPSA) is 65.9 Å². The second kappa shape index (κ2) is 3.44. The molecule has 0 aromatic carbocycles. The molecule has 1 aromatic heterocycles. The van der Waals surface area contributed by atoms with Gasteiger partial charge in [-0.1, -0.05) is 11.6 Å². The van der Waals surface area contributed by atoms with E-state index in [9.17, 15) is 8.76 Å². The maximum Gasteiger partial charge on any atom is 0.223 e. The van der Waals surface area contributed by atoms with Crippen LogP contribution in [0.15, 0.2) is 11.1 Å². The van der Waals surface area contributed by atoms with Crippen LogP contribution in [0.5, 0.6) is 0 Å². The van der Waals surface area contributed by atoms with E-state index in [4.69, 9.17) is 23.2 Å². The molecule has 0 aliphatic heterocycles. The van der Waals surface area contributed by atoms with Gasteiger partial charge in [0.1, 0.15) is 5.15 Å². The molecule has 1 aromatic rings. The van der Waals surface area contributed by atoms with Crippen molar-refractivity contribution < 1.29 is 8.76 Å². The van der Waals surface area contributed by atoms with E-state index in [1.165, 1.54) is 0 Å². The Morgan fingerprint density at radius 2 is 2.18 bits per heavy atom. The third-order valence-corrected chi connectivity index (χ3v) is 2.10. The largest absolute Gasteiger partial charge is 0.768 e. The van der Waals surface area contributed by atoms with Crippen LogP contribution in [0.2, 0.25) is 10.4 Å². The summed E-state index contributed by atoms with van der Waals surface area (Å²) < 4.78 is 20.7. The minimum Gasteiger partial charge on any atom is -0.768 e. The summed E-state index contributed by atoms with van der Waals surface area (Å²) in [6.07, 6.45) is 1.04. The molecule has 4 nitrogen and oxygen atoms in total. The lowest BCUT2D eigenvalue weighted by Gasteiger charge is -2.04. The molecule has 60 valence electrons. The van der Waals surface area contributed by atoms with Crippen LogP contribution in [0.1, 0.15) is 0 Å². The first-order valence-electron chi connectivity index (χ1n) is 2.38. The molecule has 0 saturated carbocycles. The lowest BCUT2D eigenvalue weighted by atomic mass is 10.7. The lowest BCUT2D eigenvalue weighted by molar-refractivity contribution is 0.536. The van der Waals surface area contributed by atoms with Crippen LogP contribution in [0, 0.1) is 0 Å². The zero-order valence-corrected chi connectivity index (χ0v) is 7.28. The molecule has 0 N–H and O–H groups in total. The minimum atomic E-state index is -2.41. The predicted molar refractivity (Wildman–Crippen MR) is 39.2 cm³/mol. The van der Waals surface area contributed by atoms with Gasteiger partial charge in [0.15, 0.2) is 0 Å². The number of nitrogens with zero attached hydrogens (tertiary/aromatic N) is 2. The van der Waals surface area contributed by atoms with E-state index in [1.54, 1.807) is 0 Å². The smallest absolute Gasteiger partial charge is 0.223 e. The Kier molecular flexibility index (Phi) is 2.78. The minimum absolute atomic E-state index is 0.0794. The Morgan fingerprint density at radius 3 is 2.64 bits per heavy atom. The van der Waals surface area contributed by atoms with Crippen LogP contribution >= 0.6 is 23.2 Å². The van der Waals surface area contributed by atoms with Crippen molar-refractivity contribution in [3.8, 4) is 0 Å². The van der Waals surface area contributed by atoms with Crippen molar-refractivity contribution in [2.24, 2.45) is 0 Å². The molecule has 0 radical (unpaired) electrons. The van der Waals surface area contributed by atoms with E-state index in [-0.39, 0.29) is 15.3 Å². The van der Waals surface area contributed by atoms with Gasteiger partial charge in [-0.05, 0) is 22.7 Å². The molecule has 1 atom stereocenters. The van der Waals surface area contributed by atoms with Gasteiger partial charge >= 0.3 is 0 Å². The number of rotatable bonds is 1. The highest BCUT2D eigenvalue weighted by Gasteiger charge is 2.02. The van der Waals surface area contributed by atoms with E-state index in [2.05, 4.69) is 9.97 Å². The molecule has 1 unspecified atom stereocenters. The van der Waals surface area contributed by atoms with Gasteiger partial charge in [0.25, 0.3) is 0 Å². The monoisotopic (exact) mass is 211 g/mol. The van der Waals surface area contributed by atoms with E-state index < -0.39 is 11.1 Å². The molecule has 0 saturated heterocycles.